The Balaban J connectivity index is 1.59. The largest absolute Gasteiger partial charge is 0.309 e. The standard InChI is InChI=1S/C26H25NS/c1-15-16(2)24-19(12-13-22-25(24)18-9-3-4-11-21(18)28-22)23(15)20-10-5-7-17-8-6-14-27-26(17)20/h3-5,7,9-13,16-17,26-27H,6,8,14H2,1-2H3. The molecule has 1 aromatic heterocycles. The quantitative estimate of drug-likeness (QED) is 0.487. The number of benzene rings is 2. The number of fused-ring (bicyclic) bond motifs is 6. The molecule has 0 saturated carbocycles. The molecule has 1 saturated heterocycles. The molecule has 1 N–H and O–H groups in total. The van der Waals surface area contributed by atoms with Crippen molar-refractivity contribution in [3.8, 4) is 0 Å². The monoisotopic (exact) mass is 383 g/mol. The second-order valence-electron chi connectivity index (χ2n) is 8.52. The van der Waals surface area contributed by atoms with Crippen molar-refractivity contribution < 1.29 is 0 Å². The lowest BCUT2D eigenvalue weighted by Crippen LogP contribution is -2.43. The van der Waals surface area contributed by atoms with Gasteiger partial charge < -0.3 is 5.32 Å². The summed E-state index contributed by atoms with van der Waals surface area (Å²) >= 11 is 1.93. The topological polar surface area (TPSA) is 12.0 Å². The summed E-state index contributed by atoms with van der Waals surface area (Å²) in [6.07, 6.45) is 9.66. The van der Waals surface area contributed by atoms with Gasteiger partial charge in [-0.15, -0.1) is 11.3 Å². The molecule has 1 nitrogen and oxygen atoms in total. The highest BCUT2D eigenvalue weighted by Gasteiger charge is 2.36. The first-order chi connectivity index (χ1) is 13.7. The summed E-state index contributed by atoms with van der Waals surface area (Å²) < 4.78 is 2.82. The van der Waals surface area contributed by atoms with Crippen molar-refractivity contribution in [2.45, 2.75) is 38.6 Å². The van der Waals surface area contributed by atoms with Crippen molar-refractivity contribution in [3.05, 3.63) is 76.9 Å². The Labute approximate surface area is 170 Å². The summed E-state index contributed by atoms with van der Waals surface area (Å²) in [6.45, 7) is 5.89. The van der Waals surface area contributed by atoms with Gasteiger partial charge in [0.05, 0.1) is 0 Å². The minimum absolute atomic E-state index is 0.469. The number of allylic oxidation sites excluding steroid dienone is 3. The number of rotatable bonds is 1. The molecule has 6 rings (SSSR count). The number of nitrogens with one attached hydrogen (secondary N) is 1. The van der Waals surface area contributed by atoms with Crippen molar-refractivity contribution in [2.75, 3.05) is 6.54 Å². The average Bonchev–Trinajstić information content (AvgIpc) is 3.23. The van der Waals surface area contributed by atoms with E-state index < -0.39 is 0 Å². The molecule has 140 valence electrons. The molecule has 1 aliphatic heterocycles. The van der Waals surface area contributed by atoms with Crippen LogP contribution >= 0.6 is 11.3 Å². The predicted octanol–water partition coefficient (Wildman–Crippen LogP) is 6.81. The van der Waals surface area contributed by atoms with E-state index in [1.807, 2.05) is 11.3 Å². The Morgan fingerprint density at radius 3 is 2.89 bits per heavy atom. The fourth-order valence-corrected chi connectivity index (χ4v) is 6.77. The first-order valence-corrected chi connectivity index (χ1v) is 11.3. The van der Waals surface area contributed by atoms with Crippen LogP contribution in [-0.4, -0.2) is 12.6 Å². The van der Waals surface area contributed by atoms with E-state index in [4.69, 9.17) is 0 Å². The van der Waals surface area contributed by atoms with Gasteiger partial charge in [0.25, 0.3) is 0 Å². The molecule has 0 radical (unpaired) electrons. The summed E-state index contributed by atoms with van der Waals surface area (Å²) in [7, 11) is 0. The SMILES string of the molecule is CC1=C(C2=CC=CC3CCCNC23)c2ccc3sc4ccccc4c3c2C1C. The predicted molar refractivity (Wildman–Crippen MR) is 122 cm³/mol. The molecule has 0 amide bonds. The minimum atomic E-state index is 0.469. The van der Waals surface area contributed by atoms with Crippen LogP contribution in [0, 0.1) is 5.92 Å². The van der Waals surface area contributed by atoms with Crippen molar-refractivity contribution in [2.24, 2.45) is 5.92 Å². The average molecular weight is 384 g/mol. The normalized spacial score (nSPS) is 26.6. The molecule has 3 atom stereocenters. The van der Waals surface area contributed by atoms with E-state index in [9.17, 15) is 0 Å². The Morgan fingerprint density at radius 1 is 1.07 bits per heavy atom. The lowest BCUT2D eigenvalue weighted by atomic mass is 9.78. The molecule has 2 aromatic carbocycles. The summed E-state index contributed by atoms with van der Waals surface area (Å²) in [6, 6.07) is 14.1. The summed E-state index contributed by atoms with van der Waals surface area (Å²) in [5.74, 6) is 1.11. The van der Waals surface area contributed by atoms with Gasteiger partial charge in [-0.05, 0) is 66.6 Å². The number of hydrogen-bond donors (Lipinski definition) is 1. The minimum Gasteiger partial charge on any atom is -0.309 e. The Hall–Kier alpha value is -2.16. The maximum absolute atomic E-state index is 3.82. The lowest BCUT2D eigenvalue weighted by Gasteiger charge is -2.35. The number of piperidine rings is 1. The van der Waals surface area contributed by atoms with Crippen LogP contribution in [0.1, 0.15) is 43.7 Å². The zero-order chi connectivity index (χ0) is 18.8. The van der Waals surface area contributed by atoms with E-state index in [0.717, 1.165) is 6.54 Å². The maximum Gasteiger partial charge on any atom is 0.0389 e. The highest BCUT2D eigenvalue weighted by atomic mass is 32.1. The summed E-state index contributed by atoms with van der Waals surface area (Å²) in [4.78, 5) is 0. The van der Waals surface area contributed by atoms with Gasteiger partial charge in [-0.1, -0.05) is 55.0 Å². The van der Waals surface area contributed by atoms with Gasteiger partial charge in [0.1, 0.15) is 0 Å². The maximum atomic E-state index is 3.82. The zero-order valence-electron chi connectivity index (χ0n) is 16.5. The van der Waals surface area contributed by atoms with Crippen molar-refractivity contribution >= 4 is 37.1 Å². The van der Waals surface area contributed by atoms with Crippen molar-refractivity contribution in [1.29, 1.82) is 0 Å². The molecule has 1 fully saturated rings. The van der Waals surface area contributed by atoms with Gasteiger partial charge >= 0.3 is 0 Å². The van der Waals surface area contributed by atoms with Gasteiger partial charge in [-0.25, -0.2) is 0 Å². The van der Waals surface area contributed by atoms with Crippen LogP contribution in [0.4, 0.5) is 0 Å². The molecular weight excluding hydrogens is 358 g/mol. The smallest absolute Gasteiger partial charge is 0.0389 e. The van der Waals surface area contributed by atoms with Gasteiger partial charge in [0.2, 0.25) is 0 Å². The van der Waals surface area contributed by atoms with E-state index in [1.165, 1.54) is 55.3 Å². The molecule has 2 aliphatic carbocycles. The Morgan fingerprint density at radius 2 is 1.96 bits per heavy atom. The van der Waals surface area contributed by atoms with Crippen LogP contribution in [0.2, 0.25) is 0 Å². The van der Waals surface area contributed by atoms with Crippen molar-refractivity contribution in [1.82, 2.24) is 5.32 Å². The van der Waals surface area contributed by atoms with E-state index in [2.05, 4.69) is 73.8 Å². The van der Waals surface area contributed by atoms with Gasteiger partial charge in [0.15, 0.2) is 0 Å². The van der Waals surface area contributed by atoms with E-state index in [1.54, 1.807) is 5.56 Å². The molecule has 0 spiro atoms. The Bertz CT molecular complexity index is 1210. The molecule has 0 bridgehead atoms. The molecule has 3 aliphatic rings. The van der Waals surface area contributed by atoms with Crippen molar-refractivity contribution in [3.63, 3.8) is 0 Å². The van der Waals surface area contributed by atoms with Crippen LogP contribution in [0.3, 0.4) is 0 Å². The highest BCUT2D eigenvalue weighted by molar-refractivity contribution is 7.25. The lowest BCUT2D eigenvalue weighted by molar-refractivity contribution is 0.365. The number of thiophene rings is 1. The van der Waals surface area contributed by atoms with E-state index >= 15 is 0 Å². The molecule has 2 heteroatoms. The second-order valence-corrected chi connectivity index (χ2v) is 9.61. The van der Waals surface area contributed by atoms with E-state index in [-0.39, 0.29) is 0 Å². The zero-order valence-corrected chi connectivity index (χ0v) is 17.3. The fourth-order valence-electron chi connectivity index (χ4n) is 5.65. The molecule has 3 unspecified atom stereocenters. The third-order valence-corrected chi connectivity index (χ3v) is 8.23. The molecular formula is C26H25NS. The van der Waals surface area contributed by atoms with Crippen LogP contribution in [-0.2, 0) is 0 Å². The second kappa shape index (κ2) is 6.17. The third kappa shape index (κ3) is 2.22. The van der Waals surface area contributed by atoms with E-state index in [0.29, 0.717) is 17.9 Å². The third-order valence-electron chi connectivity index (χ3n) is 7.09. The van der Waals surface area contributed by atoms with Gasteiger partial charge in [-0.2, -0.15) is 0 Å². The summed E-state index contributed by atoms with van der Waals surface area (Å²) in [5.41, 5.74) is 7.56. The molecule has 28 heavy (non-hydrogen) atoms. The van der Waals surface area contributed by atoms with Crippen LogP contribution in [0.25, 0.3) is 25.7 Å². The first-order valence-electron chi connectivity index (χ1n) is 10.5. The first kappa shape index (κ1) is 16.8. The number of hydrogen-bond acceptors (Lipinski definition) is 2. The molecule has 2 heterocycles. The van der Waals surface area contributed by atoms with Crippen LogP contribution in [0.5, 0.6) is 0 Å². The highest BCUT2D eigenvalue weighted by Crippen LogP contribution is 2.52. The van der Waals surface area contributed by atoms with Crippen LogP contribution < -0.4 is 5.32 Å². The van der Waals surface area contributed by atoms with Gasteiger partial charge in [-0.3, -0.25) is 0 Å². The fraction of sp³-hybridized carbons (Fsp3) is 0.308. The van der Waals surface area contributed by atoms with Gasteiger partial charge in [0, 0.05) is 32.1 Å². The Kier molecular flexibility index (Phi) is 3.69. The molecule has 3 aromatic rings. The van der Waals surface area contributed by atoms with Crippen LogP contribution in [0.15, 0.2) is 65.8 Å². The summed E-state index contributed by atoms with van der Waals surface area (Å²) in [5, 5.41) is 6.73.